The van der Waals surface area contributed by atoms with Gasteiger partial charge in [-0.3, -0.25) is 0 Å². The van der Waals surface area contributed by atoms with Gasteiger partial charge < -0.3 is 14.6 Å². The Balaban J connectivity index is 1.14. The van der Waals surface area contributed by atoms with Crippen LogP contribution in [0.4, 0.5) is 0 Å². The number of halogens is 2. The van der Waals surface area contributed by atoms with Crippen LogP contribution in [-0.4, -0.2) is 31.0 Å². The quantitative estimate of drug-likeness (QED) is 0.0780. The van der Waals surface area contributed by atoms with Gasteiger partial charge in [0.15, 0.2) is 0 Å². The maximum Gasteiger partial charge on any atom is 0.120 e. The van der Waals surface area contributed by atoms with Crippen molar-refractivity contribution < 1.29 is 14.6 Å². The van der Waals surface area contributed by atoms with E-state index in [0.717, 1.165) is 37.5 Å². The summed E-state index contributed by atoms with van der Waals surface area (Å²) in [6.07, 6.45) is 9.72. The Kier molecular flexibility index (Phi) is 12.2. The van der Waals surface area contributed by atoms with Gasteiger partial charge in [-0.25, -0.2) is 0 Å². The summed E-state index contributed by atoms with van der Waals surface area (Å²) in [7, 11) is 0. The normalized spacial score (nSPS) is 12.3. The van der Waals surface area contributed by atoms with Gasteiger partial charge in [-0.2, -0.15) is 0 Å². The van der Waals surface area contributed by atoms with Gasteiger partial charge >= 0.3 is 0 Å². The van der Waals surface area contributed by atoms with Crippen molar-refractivity contribution in [2.24, 2.45) is 0 Å². The summed E-state index contributed by atoms with van der Waals surface area (Å²) >= 11 is 7.58. The highest BCUT2D eigenvalue weighted by Crippen LogP contribution is 2.46. The van der Waals surface area contributed by atoms with Crippen molar-refractivity contribution in [1.82, 2.24) is 0 Å². The van der Waals surface area contributed by atoms with Crippen LogP contribution in [-0.2, 0) is 4.74 Å². The van der Waals surface area contributed by atoms with Crippen molar-refractivity contribution in [1.29, 1.82) is 0 Å². The zero-order valence-corrected chi connectivity index (χ0v) is 33.0. The van der Waals surface area contributed by atoms with Crippen molar-refractivity contribution >= 4 is 74.9 Å². The van der Waals surface area contributed by atoms with Crippen LogP contribution in [0.1, 0.15) is 58.3 Å². The van der Waals surface area contributed by atoms with E-state index in [-0.39, 0.29) is 12.7 Å². The van der Waals surface area contributed by atoms with Crippen LogP contribution in [0.25, 0.3) is 65.3 Å². The number of aliphatic hydroxyl groups is 1. The lowest BCUT2D eigenvalue weighted by Gasteiger charge is -2.19. The zero-order valence-electron chi connectivity index (χ0n) is 29.8. The highest BCUT2D eigenvalue weighted by atomic mass is 79.9. The summed E-state index contributed by atoms with van der Waals surface area (Å²) in [6.45, 7) is 3.18. The summed E-state index contributed by atoms with van der Waals surface area (Å²) in [5.41, 5.74) is 4.81. The minimum absolute atomic E-state index is 0.0534. The third-order valence-corrected chi connectivity index (χ3v) is 11.2. The number of ether oxygens (including phenoxy) is 2. The Bertz CT molecular complexity index is 2310. The summed E-state index contributed by atoms with van der Waals surface area (Å²) in [5.74, 6) is 0.777. The fraction of sp³-hybridized carbons (Fsp3) is 0.277. The van der Waals surface area contributed by atoms with E-state index in [1.807, 2.05) is 6.07 Å². The van der Waals surface area contributed by atoms with Crippen LogP contribution in [0.5, 0.6) is 5.75 Å². The molecule has 0 bridgehead atoms. The minimum atomic E-state index is -0.332. The third-order valence-electron chi connectivity index (χ3n) is 10.2. The first-order chi connectivity index (χ1) is 25.5. The van der Waals surface area contributed by atoms with E-state index in [1.54, 1.807) is 0 Å². The van der Waals surface area contributed by atoms with E-state index < -0.39 is 0 Å². The summed E-state index contributed by atoms with van der Waals surface area (Å²) in [4.78, 5) is 0. The SMILES string of the molecule is CCCCCCCCCCOC(CO)COc1ccc2cc(-c3c4ccc(Br)cc4c(-c4ccc5ccccc5c4)c4ccc(Br)cc34)ccc2c1. The largest absolute Gasteiger partial charge is 0.491 e. The second-order valence-corrected chi connectivity index (χ2v) is 15.7. The first-order valence-corrected chi connectivity index (χ1v) is 20.3. The Labute approximate surface area is 324 Å². The molecule has 52 heavy (non-hydrogen) atoms. The van der Waals surface area contributed by atoms with E-state index in [1.165, 1.54) is 94.0 Å². The number of aliphatic hydroxyl groups excluding tert-OH is 1. The molecular weight excluding hydrogens is 772 g/mol. The third kappa shape index (κ3) is 8.39. The maximum absolute atomic E-state index is 9.93. The van der Waals surface area contributed by atoms with E-state index >= 15 is 0 Å². The molecule has 7 aromatic rings. The van der Waals surface area contributed by atoms with Crippen molar-refractivity contribution in [3.05, 3.63) is 124 Å². The van der Waals surface area contributed by atoms with Crippen LogP contribution in [0.2, 0.25) is 0 Å². The molecule has 0 heterocycles. The molecular formula is C47H46Br2O3. The standard InChI is InChI=1S/C47H46Br2O3/c1-2-3-4-5-6-7-8-11-24-51-41(30-50)31-52-40-21-18-34-26-37(17-15-35(34)27-40)47-43-23-20-38(48)28-44(43)46(42-22-19-39(49)29-45(42)47)36-16-14-32-12-9-10-13-33(32)25-36/h9-10,12-23,25-29,41,50H,2-8,11,24,30-31H2,1H3. The highest BCUT2D eigenvalue weighted by molar-refractivity contribution is 9.10. The summed E-state index contributed by atoms with van der Waals surface area (Å²) in [5, 5.41) is 19.5. The molecule has 0 spiro atoms. The smallest absolute Gasteiger partial charge is 0.120 e. The number of unbranched alkanes of at least 4 members (excludes halogenated alkanes) is 7. The van der Waals surface area contributed by atoms with Gasteiger partial charge in [-0.05, 0) is 120 Å². The second-order valence-electron chi connectivity index (χ2n) is 13.9. The van der Waals surface area contributed by atoms with Gasteiger partial charge in [0.05, 0.1) is 6.61 Å². The Morgan fingerprint density at radius 1 is 0.538 bits per heavy atom. The lowest BCUT2D eigenvalue weighted by atomic mass is 9.85. The molecule has 0 aliphatic rings. The molecule has 1 atom stereocenters. The molecule has 5 heteroatoms. The number of fused-ring (bicyclic) bond motifs is 4. The van der Waals surface area contributed by atoms with Crippen LogP contribution >= 0.6 is 31.9 Å². The minimum Gasteiger partial charge on any atom is -0.491 e. The summed E-state index contributed by atoms with van der Waals surface area (Å²) < 4.78 is 14.2. The Hall–Kier alpha value is -3.74. The molecule has 0 saturated carbocycles. The van der Waals surface area contributed by atoms with Crippen molar-refractivity contribution in [3.8, 4) is 28.0 Å². The zero-order chi connectivity index (χ0) is 35.9. The molecule has 0 aromatic heterocycles. The molecule has 0 radical (unpaired) electrons. The lowest BCUT2D eigenvalue weighted by Crippen LogP contribution is -2.26. The lowest BCUT2D eigenvalue weighted by molar-refractivity contribution is -0.0149. The Morgan fingerprint density at radius 2 is 1.08 bits per heavy atom. The summed E-state index contributed by atoms with van der Waals surface area (Å²) in [6, 6.07) is 41.6. The average Bonchev–Trinajstić information content (AvgIpc) is 3.17. The Morgan fingerprint density at radius 3 is 1.71 bits per heavy atom. The van der Waals surface area contributed by atoms with Gasteiger partial charge in [-0.15, -0.1) is 0 Å². The van der Waals surface area contributed by atoms with E-state index in [2.05, 4.69) is 148 Å². The van der Waals surface area contributed by atoms with Crippen LogP contribution in [0.15, 0.2) is 124 Å². The average molecular weight is 819 g/mol. The number of benzene rings is 7. The first kappa shape index (κ1) is 36.6. The van der Waals surface area contributed by atoms with Crippen molar-refractivity contribution in [2.75, 3.05) is 19.8 Å². The topological polar surface area (TPSA) is 38.7 Å². The predicted molar refractivity (Wildman–Crippen MR) is 228 cm³/mol. The molecule has 266 valence electrons. The van der Waals surface area contributed by atoms with Gasteiger partial charge in [0, 0.05) is 15.6 Å². The monoisotopic (exact) mass is 816 g/mol. The number of hydrogen-bond acceptors (Lipinski definition) is 3. The molecule has 0 amide bonds. The van der Waals surface area contributed by atoms with Crippen LogP contribution in [0.3, 0.4) is 0 Å². The van der Waals surface area contributed by atoms with E-state index in [9.17, 15) is 5.11 Å². The fourth-order valence-corrected chi connectivity index (χ4v) is 8.16. The van der Waals surface area contributed by atoms with Gasteiger partial charge in [0.25, 0.3) is 0 Å². The van der Waals surface area contributed by atoms with E-state index in [0.29, 0.717) is 13.2 Å². The molecule has 7 rings (SSSR count). The highest BCUT2D eigenvalue weighted by Gasteiger charge is 2.18. The van der Waals surface area contributed by atoms with Gasteiger partial charge in [0.1, 0.15) is 18.5 Å². The molecule has 0 aliphatic heterocycles. The van der Waals surface area contributed by atoms with E-state index in [4.69, 9.17) is 9.47 Å². The molecule has 7 aromatic carbocycles. The molecule has 1 N–H and O–H groups in total. The molecule has 0 saturated heterocycles. The van der Waals surface area contributed by atoms with Crippen molar-refractivity contribution in [2.45, 2.75) is 64.4 Å². The second kappa shape index (κ2) is 17.4. The first-order valence-electron chi connectivity index (χ1n) is 18.8. The molecule has 3 nitrogen and oxygen atoms in total. The molecule has 0 fully saturated rings. The van der Waals surface area contributed by atoms with Crippen molar-refractivity contribution in [3.63, 3.8) is 0 Å². The predicted octanol–water partition coefficient (Wildman–Crippen LogP) is 14.1. The molecule has 0 aliphatic carbocycles. The van der Waals surface area contributed by atoms with Gasteiger partial charge in [-0.1, -0.05) is 150 Å². The fourth-order valence-electron chi connectivity index (χ4n) is 7.44. The maximum atomic E-state index is 9.93. The number of rotatable bonds is 16. The van der Waals surface area contributed by atoms with Crippen LogP contribution in [0, 0.1) is 0 Å². The number of hydrogen-bond donors (Lipinski definition) is 1. The molecule has 1 unspecified atom stereocenters. The van der Waals surface area contributed by atoms with Crippen LogP contribution < -0.4 is 4.74 Å². The van der Waals surface area contributed by atoms with Gasteiger partial charge in [0.2, 0.25) is 0 Å².